The van der Waals surface area contributed by atoms with E-state index in [1.807, 2.05) is 0 Å². The number of hydrogen-bond donors (Lipinski definition) is 14. The second-order valence-electron chi connectivity index (χ2n) is 14.4. The Balaban J connectivity index is 1.97. The molecule has 0 aliphatic carbocycles. The zero-order valence-electron chi connectivity index (χ0n) is 34.1. The maximum absolute atomic E-state index is 14.2. The van der Waals surface area contributed by atoms with Crippen molar-refractivity contribution < 1.29 is 53.7 Å². The van der Waals surface area contributed by atoms with Crippen LogP contribution >= 0.6 is 0 Å². The number of carboxylic acid groups (broad SMARTS) is 1. The molecule has 62 heavy (non-hydrogen) atoms. The van der Waals surface area contributed by atoms with Crippen molar-refractivity contribution in [2.24, 2.45) is 27.9 Å². The largest absolute Gasteiger partial charge is 0.508 e. The number of nitrogens with zero attached hydrogens (tertiary/aromatic N) is 1. The van der Waals surface area contributed by atoms with Crippen LogP contribution in [-0.2, 0) is 51.2 Å². The Morgan fingerprint density at radius 1 is 0.694 bits per heavy atom. The van der Waals surface area contributed by atoms with Gasteiger partial charge in [-0.1, -0.05) is 30.3 Å². The molecule has 7 atom stereocenters. The van der Waals surface area contributed by atoms with Crippen molar-refractivity contribution >= 4 is 64.2 Å². The fourth-order valence-electron chi connectivity index (χ4n) is 5.95. The Labute approximate surface area is 355 Å². The number of amides is 7. The number of phenolic OH excluding ortho intramolecular Hbond substituents is 1. The van der Waals surface area contributed by atoms with Crippen LogP contribution in [0.25, 0.3) is 10.9 Å². The Morgan fingerprint density at radius 2 is 1.23 bits per heavy atom. The van der Waals surface area contributed by atoms with Crippen LogP contribution in [0.4, 0.5) is 0 Å². The van der Waals surface area contributed by atoms with Crippen molar-refractivity contribution in [3.63, 3.8) is 0 Å². The molecule has 0 fully saturated rings. The van der Waals surface area contributed by atoms with Gasteiger partial charge in [-0.05, 0) is 56.0 Å². The molecule has 0 unspecified atom stereocenters. The van der Waals surface area contributed by atoms with E-state index in [0.717, 1.165) is 0 Å². The number of aromatic amines is 1. The van der Waals surface area contributed by atoms with Gasteiger partial charge in [-0.25, -0.2) is 0 Å². The number of carbonyl (C=O) groups is 8. The number of nitrogens with two attached hydrogens (primary N) is 4. The number of aliphatic hydroxyl groups excluding tert-OH is 1. The van der Waals surface area contributed by atoms with Crippen molar-refractivity contribution in [3.05, 3.63) is 65.9 Å². The number of nitrogens with one attached hydrogen (secondary N) is 7. The van der Waals surface area contributed by atoms with Gasteiger partial charge in [0.2, 0.25) is 41.4 Å². The summed E-state index contributed by atoms with van der Waals surface area (Å²) in [6.07, 6.45) is 0.347. The number of guanidine groups is 1. The van der Waals surface area contributed by atoms with E-state index in [4.69, 9.17) is 22.9 Å². The summed E-state index contributed by atoms with van der Waals surface area (Å²) in [6.45, 7) is 1.69. The zero-order valence-corrected chi connectivity index (χ0v) is 34.1. The predicted molar refractivity (Wildman–Crippen MR) is 223 cm³/mol. The van der Waals surface area contributed by atoms with Gasteiger partial charge in [-0.15, -0.1) is 0 Å². The van der Waals surface area contributed by atoms with E-state index in [1.54, 1.807) is 30.5 Å². The first kappa shape index (κ1) is 49.1. The zero-order chi connectivity index (χ0) is 46.1. The highest BCUT2D eigenvalue weighted by Gasteiger charge is 2.34. The summed E-state index contributed by atoms with van der Waals surface area (Å²) in [4.78, 5) is 112. The number of benzene rings is 2. The molecule has 0 aliphatic heterocycles. The van der Waals surface area contributed by atoms with Crippen LogP contribution < -0.4 is 54.8 Å². The summed E-state index contributed by atoms with van der Waals surface area (Å²) in [5.74, 6) is -8.41. The molecule has 0 saturated heterocycles. The molecule has 23 nitrogen and oxygen atoms in total. The Morgan fingerprint density at radius 3 is 1.82 bits per heavy atom. The molecule has 1 aromatic heterocycles. The number of para-hydroxylation sites is 1. The molecule has 18 N–H and O–H groups in total. The van der Waals surface area contributed by atoms with E-state index in [2.05, 4.69) is 41.9 Å². The molecular formula is C39H54N12O11. The molecule has 1 heterocycles. The summed E-state index contributed by atoms with van der Waals surface area (Å²) in [5, 5.41) is 44.2. The predicted octanol–water partition coefficient (Wildman–Crippen LogP) is -4.06. The van der Waals surface area contributed by atoms with Gasteiger partial charge < -0.3 is 75.1 Å². The van der Waals surface area contributed by atoms with Gasteiger partial charge in [0.1, 0.15) is 42.0 Å². The molecule has 0 bridgehead atoms. The van der Waals surface area contributed by atoms with Gasteiger partial charge in [-0.2, -0.15) is 0 Å². The number of carbonyl (C=O) groups excluding carboxylic acids is 7. The topological polar surface area (TPSA) is 402 Å². The number of fused-ring (bicyclic) bond motifs is 1. The van der Waals surface area contributed by atoms with Crippen LogP contribution in [0, 0.1) is 0 Å². The highest BCUT2D eigenvalue weighted by atomic mass is 16.4. The fraction of sp³-hybridized carbons (Fsp3) is 0.410. The molecule has 0 radical (unpaired) electrons. The highest BCUT2D eigenvalue weighted by Crippen LogP contribution is 2.20. The van der Waals surface area contributed by atoms with Gasteiger partial charge in [0.05, 0.1) is 19.1 Å². The molecular weight excluding hydrogens is 813 g/mol. The molecule has 23 heteroatoms. The summed E-state index contributed by atoms with van der Waals surface area (Å²) in [6, 6.07) is 2.62. The third kappa shape index (κ3) is 15.4. The van der Waals surface area contributed by atoms with Gasteiger partial charge in [0.25, 0.3) is 0 Å². The standard InChI is InChI=1S/C39H54N12O11/c1-19(40)32(55)51-30(18-52)37(60)47-26(8-5-13-44-39(42)43)33(56)50-29(16-31(41)54)36(59)49-28(15-22-17-45-25-7-4-3-6-24(22)25)35(58)48-27(34(57)46-20(2)38(61)62)14-21-9-11-23(53)12-10-21/h3-4,6-7,9-12,17,19-20,26-30,45,52-53H,5,8,13-16,18,40H2,1-2H3,(H2,41,54)(H,46,57)(H,47,60)(H,48,58)(H,49,59)(H,50,56)(H,51,55)(H,61,62)(H4,42,43,44)/t19-,20-,26-,27-,28-,29-,30-/m0/s1. The number of primary amides is 1. The summed E-state index contributed by atoms with van der Waals surface area (Å²) in [7, 11) is 0. The van der Waals surface area contributed by atoms with Crippen LogP contribution in [0.3, 0.4) is 0 Å². The quantitative estimate of drug-likeness (QED) is 0.0232. The first-order valence-corrected chi connectivity index (χ1v) is 19.4. The van der Waals surface area contributed by atoms with Crippen molar-refractivity contribution in [2.45, 2.75) is 88.2 Å². The van der Waals surface area contributed by atoms with Crippen molar-refractivity contribution in [2.75, 3.05) is 13.2 Å². The number of rotatable bonds is 24. The van der Waals surface area contributed by atoms with Crippen LogP contribution in [-0.4, -0.2) is 129 Å². The number of aliphatic carboxylic acids is 1. The number of H-pyrrole nitrogens is 1. The second-order valence-corrected chi connectivity index (χ2v) is 14.4. The highest BCUT2D eigenvalue weighted by molar-refractivity contribution is 5.99. The van der Waals surface area contributed by atoms with Crippen LogP contribution in [0.1, 0.15) is 44.2 Å². The lowest BCUT2D eigenvalue weighted by Gasteiger charge is -2.27. The van der Waals surface area contributed by atoms with E-state index >= 15 is 0 Å². The number of phenols is 1. The second kappa shape index (κ2) is 23.5. The summed E-state index contributed by atoms with van der Waals surface area (Å²) in [5.41, 5.74) is 23.5. The number of aromatic nitrogens is 1. The van der Waals surface area contributed by atoms with E-state index in [-0.39, 0.29) is 43.9 Å². The third-order valence-corrected chi connectivity index (χ3v) is 9.32. The molecule has 7 amide bonds. The van der Waals surface area contributed by atoms with E-state index in [0.29, 0.717) is 22.0 Å². The minimum atomic E-state index is -1.76. The monoisotopic (exact) mass is 866 g/mol. The average molecular weight is 867 g/mol. The molecule has 336 valence electrons. The number of carboxylic acids is 1. The first-order chi connectivity index (χ1) is 29.3. The number of aromatic hydroxyl groups is 1. The van der Waals surface area contributed by atoms with E-state index in [1.165, 1.54) is 38.1 Å². The molecule has 0 saturated carbocycles. The molecule has 3 aromatic rings. The van der Waals surface area contributed by atoms with Crippen LogP contribution in [0.5, 0.6) is 5.75 Å². The molecule has 3 rings (SSSR count). The van der Waals surface area contributed by atoms with Gasteiger partial charge in [0, 0.05) is 36.5 Å². The Bertz CT molecular complexity index is 2100. The van der Waals surface area contributed by atoms with Gasteiger partial charge in [0.15, 0.2) is 5.96 Å². The molecule has 0 spiro atoms. The fourth-order valence-corrected chi connectivity index (χ4v) is 5.95. The Kier molecular flexibility index (Phi) is 18.6. The van der Waals surface area contributed by atoms with Crippen molar-refractivity contribution in [1.29, 1.82) is 0 Å². The van der Waals surface area contributed by atoms with Crippen LogP contribution in [0.2, 0.25) is 0 Å². The van der Waals surface area contributed by atoms with Crippen LogP contribution in [0.15, 0.2) is 59.7 Å². The Hall–Kier alpha value is -7.27. The molecule has 0 aliphatic rings. The van der Waals surface area contributed by atoms with Gasteiger partial charge >= 0.3 is 5.97 Å². The minimum absolute atomic E-state index is 0.00362. The van der Waals surface area contributed by atoms with Crippen molar-refractivity contribution in [3.8, 4) is 5.75 Å². The average Bonchev–Trinajstić information content (AvgIpc) is 3.62. The summed E-state index contributed by atoms with van der Waals surface area (Å²) < 4.78 is 0. The minimum Gasteiger partial charge on any atom is -0.508 e. The molecule has 2 aromatic carbocycles. The number of aliphatic hydroxyl groups is 1. The van der Waals surface area contributed by atoms with E-state index < -0.39 is 103 Å². The number of aliphatic imine (C=N–C) groups is 1. The maximum Gasteiger partial charge on any atom is 0.325 e. The lowest BCUT2D eigenvalue weighted by molar-refractivity contribution is -0.141. The lowest BCUT2D eigenvalue weighted by atomic mass is 10.0. The SMILES string of the molecule is C[C@H](N)C(=O)N[C@@H](CO)C(=O)N[C@@H](CCCN=C(N)N)C(=O)N[C@@H](CC(N)=O)C(=O)N[C@@H](Cc1c[nH]c2ccccc12)C(=O)N[C@@H](Cc1ccc(O)cc1)C(=O)N[C@@H](C)C(=O)O. The van der Waals surface area contributed by atoms with Gasteiger partial charge in [-0.3, -0.25) is 43.3 Å². The summed E-state index contributed by atoms with van der Waals surface area (Å²) >= 11 is 0. The lowest BCUT2D eigenvalue weighted by Crippen LogP contribution is -2.60. The number of hydrogen-bond acceptors (Lipinski definition) is 12. The van der Waals surface area contributed by atoms with Crippen molar-refractivity contribution in [1.82, 2.24) is 36.9 Å². The van der Waals surface area contributed by atoms with E-state index in [9.17, 15) is 53.7 Å². The smallest absolute Gasteiger partial charge is 0.325 e. The maximum atomic E-state index is 14.2. The normalized spacial score (nSPS) is 14.3. The third-order valence-electron chi connectivity index (χ3n) is 9.32. The first-order valence-electron chi connectivity index (χ1n) is 19.4.